The Bertz CT molecular complexity index is 319. The molecule has 0 aromatic heterocycles. The smallest absolute Gasteiger partial charge is 0.0724 e. The predicted octanol–water partition coefficient (Wildman–Crippen LogP) is 6.86. The van der Waals surface area contributed by atoms with Crippen LogP contribution in [0, 0.1) is 0 Å². The van der Waals surface area contributed by atoms with E-state index in [1.54, 1.807) is 0 Å². The minimum Gasteiger partial charge on any atom is -0.0724 e. The van der Waals surface area contributed by atoms with E-state index in [9.17, 15) is 0 Å². The molecule has 108 valence electrons. The summed E-state index contributed by atoms with van der Waals surface area (Å²) < 4.78 is 0.0742. The fourth-order valence-electron chi connectivity index (χ4n) is 2.32. The minimum absolute atomic E-state index is 0.0742. The average molecular weight is 390 g/mol. The lowest BCUT2D eigenvalue weighted by atomic mass is 10.0. The SMILES string of the molecule is CCCCCCCCCC(Br)(Br)Cc1ccccc1. The first-order valence-corrected chi connectivity index (χ1v) is 9.14. The van der Waals surface area contributed by atoms with Crippen molar-refractivity contribution in [3.05, 3.63) is 35.9 Å². The van der Waals surface area contributed by atoms with E-state index in [0.717, 1.165) is 6.42 Å². The zero-order chi connectivity index (χ0) is 14.0. The number of alkyl halides is 2. The van der Waals surface area contributed by atoms with Gasteiger partial charge in [-0.05, 0) is 18.4 Å². The molecule has 0 aliphatic rings. The normalized spacial score (nSPS) is 11.7. The molecule has 1 aromatic rings. The van der Waals surface area contributed by atoms with E-state index in [1.807, 2.05) is 0 Å². The number of rotatable bonds is 10. The largest absolute Gasteiger partial charge is 0.0845 e. The van der Waals surface area contributed by atoms with Crippen LogP contribution in [0.1, 0.15) is 63.9 Å². The van der Waals surface area contributed by atoms with Gasteiger partial charge in [0.1, 0.15) is 0 Å². The Kier molecular flexibility index (Phi) is 9.06. The highest BCUT2D eigenvalue weighted by atomic mass is 79.9. The molecule has 0 aliphatic heterocycles. The Labute approximate surface area is 135 Å². The van der Waals surface area contributed by atoms with Crippen molar-refractivity contribution in [3.63, 3.8) is 0 Å². The van der Waals surface area contributed by atoms with Crippen LogP contribution < -0.4 is 0 Å². The quantitative estimate of drug-likeness (QED) is 0.303. The molecule has 0 spiro atoms. The van der Waals surface area contributed by atoms with E-state index in [1.165, 1.54) is 56.9 Å². The van der Waals surface area contributed by atoms with Gasteiger partial charge in [-0.25, -0.2) is 0 Å². The number of benzene rings is 1. The lowest BCUT2D eigenvalue weighted by Gasteiger charge is -2.20. The van der Waals surface area contributed by atoms with Gasteiger partial charge < -0.3 is 0 Å². The number of halogens is 2. The topological polar surface area (TPSA) is 0 Å². The Hall–Kier alpha value is 0.180. The summed E-state index contributed by atoms with van der Waals surface area (Å²) in [4.78, 5) is 0. The second-order valence-electron chi connectivity index (χ2n) is 5.39. The van der Waals surface area contributed by atoms with Crippen LogP contribution in [0.5, 0.6) is 0 Å². The zero-order valence-corrected chi connectivity index (χ0v) is 15.2. The van der Waals surface area contributed by atoms with Gasteiger partial charge in [0.25, 0.3) is 0 Å². The lowest BCUT2D eigenvalue weighted by Crippen LogP contribution is -2.14. The maximum atomic E-state index is 3.83. The summed E-state index contributed by atoms with van der Waals surface area (Å²) in [5.74, 6) is 0. The average Bonchev–Trinajstić information content (AvgIpc) is 2.38. The van der Waals surface area contributed by atoms with Crippen molar-refractivity contribution in [3.8, 4) is 0 Å². The van der Waals surface area contributed by atoms with Crippen molar-refractivity contribution in [2.75, 3.05) is 0 Å². The van der Waals surface area contributed by atoms with Crippen LogP contribution in [0.2, 0.25) is 0 Å². The van der Waals surface area contributed by atoms with Gasteiger partial charge in [0.15, 0.2) is 0 Å². The first-order chi connectivity index (χ1) is 9.14. The van der Waals surface area contributed by atoms with Crippen molar-refractivity contribution < 1.29 is 0 Å². The second kappa shape index (κ2) is 9.99. The molecule has 0 heterocycles. The molecule has 0 saturated heterocycles. The number of hydrogen-bond acceptors (Lipinski definition) is 0. The summed E-state index contributed by atoms with van der Waals surface area (Å²) in [5.41, 5.74) is 1.39. The van der Waals surface area contributed by atoms with Crippen molar-refractivity contribution in [1.29, 1.82) is 0 Å². The third kappa shape index (κ3) is 8.86. The summed E-state index contributed by atoms with van der Waals surface area (Å²) in [6.45, 7) is 2.27. The van der Waals surface area contributed by atoms with Gasteiger partial charge in [-0.2, -0.15) is 0 Å². The molecular weight excluding hydrogens is 364 g/mol. The molecule has 0 atom stereocenters. The first-order valence-electron chi connectivity index (χ1n) is 7.56. The van der Waals surface area contributed by atoms with Crippen LogP contribution >= 0.6 is 31.9 Å². The first kappa shape index (κ1) is 17.2. The molecule has 0 bridgehead atoms. The number of unbranched alkanes of at least 4 members (excludes halogenated alkanes) is 6. The summed E-state index contributed by atoms with van der Waals surface area (Å²) in [7, 11) is 0. The van der Waals surface area contributed by atoms with Gasteiger partial charge >= 0.3 is 0 Å². The predicted molar refractivity (Wildman–Crippen MR) is 93.3 cm³/mol. The highest BCUT2D eigenvalue weighted by Crippen LogP contribution is 2.36. The van der Waals surface area contributed by atoms with Crippen LogP contribution in [0.4, 0.5) is 0 Å². The van der Waals surface area contributed by atoms with E-state index in [-0.39, 0.29) is 3.23 Å². The molecule has 1 rings (SSSR count). The van der Waals surface area contributed by atoms with Crippen LogP contribution in [0.3, 0.4) is 0 Å². The molecule has 19 heavy (non-hydrogen) atoms. The van der Waals surface area contributed by atoms with Crippen molar-refractivity contribution in [1.82, 2.24) is 0 Å². The lowest BCUT2D eigenvalue weighted by molar-refractivity contribution is 0.564. The van der Waals surface area contributed by atoms with Gasteiger partial charge in [0, 0.05) is 0 Å². The molecule has 0 unspecified atom stereocenters. The van der Waals surface area contributed by atoms with Gasteiger partial charge in [-0.3, -0.25) is 0 Å². The minimum atomic E-state index is 0.0742. The van der Waals surface area contributed by atoms with Crippen LogP contribution in [-0.2, 0) is 6.42 Å². The highest BCUT2D eigenvalue weighted by Gasteiger charge is 2.22. The third-order valence-corrected chi connectivity index (χ3v) is 4.81. The van der Waals surface area contributed by atoms with E-state index < -0.39 is 0 Å². The maximum absolute atomic E-state index is 3.83. The molecule has 0 radical (unpaired) electrons. The van der Waals surface area contributed by atoms with E-state index in [4.69, 9.17) is 0 Å². The van der Waals surface area contributed by atoms with E-state index in [2.05, 4.69) is 69.1 Å². The highest BCUT2D eigenvalue weighted by molar-refractivity contribution is 9.25. The van der Waals surface area contributed by atoms with Gasteiger partial charge in [0.2, 0.25) is 0 Å². The second-order valence-corrected chi connectivity index (χ2v) is 9.49. The molecule has 0 N–H and O–H groups in total. The molecule has 0 amide bonds. The molecule has 0 nitrogen and oxygen atoms in total. The fourth-order valence-corrected chi connectivity index (χ4v) is 3.53. The zero-order valence-electron chi connectivity index (χ0n) is 12.0. The van der Waals surface area contributed by atoms with Crippen molar-refractivity contribution in [2.45, 2.75) is 67.9 Å². The third-order valence-electron chi connectivity index (χ3n) is 3.45. The van der Waals surface area contributed by atoms with E-state index >= 15 is 0 Å². The number of hydrogen-bond donors (Lipinski definition) is 0. The Morgan fingerprint density at radius 1 is 0.842 bits per heavy atom. The standard InChI is InChI=1S/C17H26Br2/c1-2-3-4-5-6-7-11-14-17(18,19)15-16-12-9-8-10-13-16/h8-10,12-13H,2-7,11,14-15H2,1H3. The Morgan fingerprint density at radius 3 is 2.05 bits per heavy atom. The maximum Gasteiger partial charge on any atom is 0.0845 e. The van der Waals surface area contributed by atoms with Crippen molar-refractivity contribution >= 4 is 31.9 Å². The Balaban J connectivity index is 2.13. The molecule has 2 heteroatoms. The molecule has 0 saturated carbocycles. The molecule has 0 fully saturated rings. The Morgan fingerprint density at radius 2 is 1.42 bits per heavy atom. The molecule has 0 aliphatic carbocycles. The van der Waals surface area contributed by atoms with Crippen LogP contribution in [-0.4, -0.2) is 3.23 Å². The summed E-state index contributed by atoms with van der Waals surface area (Å²) >= 11 is 7.66. The van der Waals surface area contributed by atoms with Crippen LogP contribution in [0.25, 0.3) is 0 Å². The molecule has 1 aromatic carbocycles. The fraction of sp³-hybridized carbons (Fsp3) is 0.647. The summed E-state index contributed by atoms with van der Waals surface area (Å²) in [6.07, 6.45) is 11.8. The van der Waals surface area contributed by atoms with Crippen molar-refractivity contribution in [2.24, 2.45) is 0 Å². The van der Waals surface area contributed by atoms with E-state index in [0.29, 0.717) is 0 Å². The molecular formula is C17H26Br2. The van der Waals surface area contributed by atoms with Gasteiger partial charge in [-0.15, -0.1) is 0 Å². The van der Waals surface area contributed by atoms with Gasteiger partial charge in [-0.1, -0.05) is 114 Å². The monoisotopic (exact) mass is 388 g/mol. The van der Waals surface area contributed by atoms with Crippen LogP contribution in [0.15, 0.2) is 30.3 Å². The summed E-state index contributed by atoms with van der Waals surface area (Å²) in [6, 6.07) is 10.7. The summed E-state index contributed by atoms with van der Waals surface area (Å²) in [5, 5.41) is 0. The van der Waals surface area contributed by atoms with Gasteiger partial charge in [0.05, 0.1) is 3.23 Å².